The van der Waals surface area contributed by atoms with Crippen molar-refractivity contribution in [3.63, 3.8) is 0 Å². The number of nitrogens with zero attached hydrogens (tertiary/aromatic N) is 2. The van der Waals surface area contributed by atoms with Crippen LogP contribution in [0.1, 0.15) is 44.7 Å². The summed E-state index contributed by atoms with van der Waals surface area (Å²) < 4.78 is 19.0. The lowest BCUT2D eigenvalue weighted by Crippen LogP contribution is -2.32. The second-order valence-corrected chi connectivity index (χ2v) is 5.82. The Morgan fingerprint density at radius 3 is 2.95 bits per heavy atom. The van der Waals surface area contributed by atoms with E-state index in [9.17, 15) is 5.11 Å². The van der Waals surface area contributed by atoms with Crippen molar-refractivity contribution in [3.05, 3.63) is 11.8 Å². The Kier molecular flexibility index (Phi) is 4.47. The summed E-state index contributed by atoms with van der Waals surface area (Å²) in [6.07, 6.45) is 5.21. The van der Waals surface area contributed by atoms with Crippen LogP contribution in [0.3, 0.4) is 0 Å². The average molecular weight is 296 g/mol. The monoisotopic (exact) mass is 296 g/mol. The summed E-state index contributed by atoms with van der Waals surface area (Å²) in [5.41, 5.74) is 0.583. The van der Waals surface area contributed by atoms with E-state index in [-0.39, 0.29) is 18.5 Å². The fourth-order valence-electron chi connectivity index (χ4n) is 2.72. The Bertz CT molecular complexity index is 464. The molecular weight excluding hydrogens is 272 g/mol. The lowest BCUT2D eigenvalue weighted by Gasteiger charge is -2.28. The third-order valence-corrected chi connectivity index (χ3v) is 4.06. The fraction of sp³-hybridized carbons (Fsp3) is 0.800. The average Bonchev–Trinajstić information content (AvgIpc) is 3.13. The van der Waals surface area contributed by atoms with Crippen LogP contribution in [0.25, 0.3) is 0 Å². The van der Waals surface area contributed by atoms with Gasteiger partial charge < -0.3 is 19.3 Å². The van der Waals surface area contributed by atoms with Crippen LogP contribution in [-0.2, 0) is 22.6 Å². The highest BCUT2D eigenvalue weighted by atomic mass is 16.7. The summed E-state index contributed by atoms with van der Waals surface area (Å²) >= 11 is 0. The summed E-state index contributed by atoms with van der Waals surface area (Å²) in [5.74, 6) is 0.561. The van der Waals surface area contributed by atoms with E-state index in [0.29, 0.717) is 19.0 Å². The van der Waals surface area contributed by atoms with Crippen LogP contribution < -0.4 is 4.74 Å². The van der Waals surface area contributed by atoms with Crippen LogP contribution in [0, 0.1) is 0 Å². The smallest absolute Gasteiger partial charge is 0.233 e. The van der Waals surface area contributed by atoms with E-state index in [4.69, 9.17) is 14.2 Å². The molecule has 1 saturated heterocycles. The largest absolute Gasteiger partial charge is 0.477 e. The van der Waals surface area contributed by atoms with Crippen molar-refractivity contribution >= 4 is 0 Å². The van der Waals surface area contributed by atoms with Crippen molar-refractivity contribution in [1.82, 2.24) is 9.78 Å². The van der Waals surface area contributed by atoms with Gasteiger partial charge in [0.25, 0.3) is 0 Å². The first kappa shape index (κ1) is 14.8. The van der Waals surface area contributed by atoms with Gasteiger partial charge in [-0.15, -0.1) is 5.10 Å². The van der Waals surface area contributed by atoms with Gasteiger partial charge in [0.1, 0.15) is 0 Å². The van der Waals surface area contributed by atoms with Gasteiger partial charge in [-0.2, -0.15) is 0 Å². The number of rotatable bonds is 7. The molecule has 118 valence electrons. The number of aromatic nitrogens is 2. The standard InChI is InChI=1S/C15H24N2O4/c1-2-19-13-9-12(10-18)17(16-13)11-15(6-7-15)21-14-5-3-4-8-20-14/h9,14,18H,2-8,10-11H2,1H3. The van der Waals surface area contributed by atoms with Crippen LogP contribution in [0.5, 0.6) is 5.88 Å². The summed E-state index contributed by atoms with van der Waals surface area (Å²) in [5, 5.41) is 13.9. The predicted molar refractivity (Wildman–Crippen MR) is 76.0 cm³/mol. The summed E-state index contributed by atoms with van der Waals surface area (Å²) in [4.78, 5) is 0. The molecule has 2 heterocycles. The highest BCUT2D eigenvalue weighted by molar-refractivity contribution is 5.16. The summed E-state index contributed by atoms with van der Waals surface area (Å²) in [7, 11) is 0. The number of aliphatic hydroxyl groups excluding tert-OH is 1. The fourth-order valence-corrected chi connectivity index (χ4v) is 2.72. The normalized spacial score (nSPS) is 24.0. The maximum atomic E-state index is 9.46. The Morgan fingerprint density at radius 1 is 1.48 bits per heavy atom. The molecule has 1 N–H and O–H groups in total. The van der Waals surface area contributed by atoms with Crippen molar-refractivity contribution < 1.29 is 19.3 Å². The van der Waals surface area contributed by atoms with Crippen LogP contribution in [-0.4, -0.2) is 40.0 Å². The van der Waals surface area contributed by atoms with Crippen LogP contribution in [0.4, 0.5) is 0 Å². The molecule has 1 unspecified atom stereocenters. The Hall–Kier alpha value is -1.11. The minimum atomic E-state index is -0.179. The van der Waals surface area contributed by atoms with E-state index in [1.807, 2.05) is 6.92 Å². The lowest BCUT2D eigenvalue weighted by atomic mass is 10.2. The molecule has 0 radical (unpaired) electrons. The van der Waals surface area contributed by atoms with Crippen molar-refractivity contribution in [3.8, 4) is 5.88 Å². The van der Waals surface area contributed by atoms with E-state index in [1.54, 1.807) is 10.7 Å². The molecule has 0 spiro atoms. The van der Waals surface area contributed by atoms with Gasteiger partial charge in [-0.3, -0.25) is 4.68 Å². The van der Waals surface area contributed by atoms with E-state index >= 15 is 0 Å². The van der Waals surface area contributed by atoms with Crippen LogP contribution >= 0.6 is 0 Å². The number of ether oxygens (including phenoxy) is 3. The molecule has 3 rings (SSSR count). The molecule has 0 aromatic carbocycles. The van der Waals surface area contributed by atoms with E-state index < -0.39 is 0 Å². The van der Waals surface area contributed by atoms with Gasteiger partial charge in [0, 0.05) is 12.7 Å². The van der Waals surface area contributed by atoms with Gasteiger partial charge in [-0.25, -0.2) is 0 Å². The van der Waals surface area contributed by atoms with Crippen molar-refractivity contribution in [1.29, 1.82) is 0 Å². The topological polar surface area (TPSA) is 65.7 Å². The molecule has 1 aliphatic heterocycles. The maximum Gasteiger partial charge on any atom is 0.233 e. The summed E-state index contributed by atoms with van der Waals surface area (Å²) in [6, 6.07) is 1.79. The van der Waals surface area contributed by atoms with Gasteiger partial charge in [0.05, 0.1) is 31.1 Å². The predicted octanol–water partition coefficient (Wildman–Crippen LogP) is 1.85. The van der Waals surface area contributed by atoms with Crippen molar-refractivity contribution in [2.45, 2.75) is 64.1 Å². The second-order valence-electron chi connectivity index (χ2n) is 5.82. The van der Waals surface area contributed by atoms with Crippen molar-refractivity contribution in [2.24, 2.45) is 0 Å². The Morgan fingerprint density at radius 2 is 2.33 bits per heavy atom. The molecule has 1 aromatic heterocycles. The minimum absolute atomic E-state index is 0.0456. The highest BCUT2D eigenvalue weighted by Gasteiger charge is 2.47. The third kappa shape index (κ3) is 3.56. The molecular formula is C15H24N2O4. The lowest BCUT2D eigenvalue weighted by molar-refractivity contribution is -0.200. The number of aliphatic hydroxyl groups is 1. The van der Waals surface area contributed by atoms with E-state index in [2.05, 4.69) is 5.10 Å². The number of hydrogen-bond acceptors (Lipinski definition) is 5. The SMILES string of the molecule is CCOc1cc(CO)n(CC2(OC3CCCCO3)CC2)n1. The first-order valence-corrected chi connectivity index (χ1v) is 7.84. The molecule has 1 aromatic rings. The summed E-state index contributed by atoms with van der Waals surface area (Å²) in [6.45, 7) is 3.88. The van der Waals surface area contributed by atoms with Gasteiger partial charge in [0.15, 0.2) is 6.29 Å². The first-order valence-electron chi connectivity index (χ1n) is 7.84. The van der Waals surface area contributed by atoms with Gasteiger partial charge in [-0.05, 0) is 39.0 Å². The van der Waals surface area contributed by atoms with Crippen molar-refractivity contribution in [2.75, 3.05) is 13.2 Å². The number of hydrogen-bond donors (Lipinski definition) is 1. The highest BCUT2D eigenvalue weighted by Crippen LogP contribution is 2.43. The van der Waals surface area contributed by atoms with Crippen LogP contribution in [0.15, 0.2) is 6.07 Å². The zero-order valence-electron chi connectivity index (χ0n) is 12.6. The molecule has 2 aliphatic rings. The third-order valence-electron chi connectivity index (χ3n) is 4.06. The van der Waals surface area contributed by atoms with Gasteiger partial charge in [0.2, 0.25) is 5.88 Å². The maximum absolute atomic E-state index is 9.46. The molecule has 0 amide bonds. The quantitative estimate of drug-likeness (QED) is 0.832. The van der Waals surface area contributed by atoms with Crippen LogP contribution in [0.2, 0.25) is 0 Å². The minimum Gasteiger partial charge on any atom is -0.477 e. The van der Waals surface area contributed by atoms with Gasteiger partial charge >= 0.3 is 0 Å². The zero-order chi connectivity index (χ0) is 14.7. The van der Waals surface area contributed by atoms with E-state index in [0.717, 1.165) is 38.0 Å². The van der Waals surface area contributed by atoms with Gasteiger partial charge in [-0.1, -0.05) is 0 Å². The molecule has 1 aliphatic carbocycles. The Labute approximate surface area is 125 Å². The van der Waals surface area contributed by atoms with E-state index in [1.165, 1.54) is 6.42 Å². The molecule has 1 atom stereocenters. The molecule has 6 heteroatoms. The first-order chi connectivity index (χ1) is 10.2. The molecule has 1 saturated carbocycles. The second kappa shape index (κ2) is 6.34. The molecule has 0 bridgehead atoms. The zero-order valence-corrected chi connectivity index (χ0v) is 12.6. The molecule has 6 nitrogen and oxygen atoms in total. The molecule has 21 heavy (non-hydrogen) atoms. The Balaban J connectivity index is 1.64. The molecule has 2 fully saturated rings.